The predicted octanol–water partition coefficient (Wildman–Crippen LogP) is 6.17. The van der Waals surface area contributed by atoms with Gasteiger partial charge in [0.05, 0.1) is 0 Å². The van der Waals surface area contributed by atoms with Gasteiger partial charge in [-0.1, -0.05) is 140 Å². The Morgan fingerprint density at radius 1 is 0.662 bits per heavy atom. The standard InChI is InChI=1S/C54H55N5O8S/c1-35(47-18-11-31-68-47)49-53(64)58-46(33-39-19-25-41(26-20-39)40-16-9-4-10-17-40)52(63)57-45(32-38-14-7-3-8-15-38)51(62)55-43(29-23-37-21-27-42(28-22-37)67-34-48(60)59-49)50(61)56-44(54(65)66)30-24-36-12-5-2-6-13-36/h2-22,25-28,31,35,43-46,49H,23-24,29-30,32-34H2,1H3,(H,55,62)(H,56,61)(H,57,63)(H,58,64)(H,59,60)(H,65,66)/t35?,43-,44-,45-,46-,49-/m0/s1. The highest BCUT2D eigenvalue weighted by Crippen LogP contribution is 2.25. The smallest absolute Gasteiger partial charge is 0.326 e. The molecule has 6 atom stereocenters. The summed E-state index contributed by atoms with van der Waals surface area (Å²) in [6.07, 6.45) is 0.883. The Kier molecular flexibility index (Phi) is 16.9. The summed E-state index contributed by atoms with van der Waals surface area (Å²) >= 11 is 1.43. The molecule has 0 radical (unpaired) electrons. The van der Waals surface area contributed by atoms with Crippen LogP contribution in [0, 0.1) is 0 Å². The lowest BCUT2D eigenvalue weighted by Gasteiger charge is -2.29. The van der Waals surface area contributed by atoms with E-state index >= 15 is 0 Å². The molecule has 1 unspecified atom stereocenters. The first-order valence-corrected chi connectivity index (χ1v) is 23.6. The monoisotopic (exact) mass is 933 g/mol. The molecule has 13 nitrogen and oxygen atoms in total. The van der Waals surface area contributed by atoms with Gasteiger partial charge in [0.2, 0.25) is 23.6 Å². The number of rotatable bonds is 13. The van der Waals surface area contributed by atoms with Crippen LogP contribution in [0.3, 0.4) is 0 Å². The Morgan fingerprint density at radius 2 is 1.24 bits per heavy atom. The van der Waals surface area contributed by atoms with Gasteiger partial charge in [-0.3, -0.25) is 24.0 Å². The summed E-state index contributed by atoms with van der Waals surface area (Å²) < 4.78 is 5.84. The fourth-order valence-electron chi connectivity index (χ4n) is 8.09. The second-order valence-corrected chi connectivity index (χ2v) is 17.9. The summed E-state index contributed by atoms with van der Waals surface area (Å²) in [4.78, 5) is 85.1. The van der Waals surface area contributed by atoms with E-state index in [0.29, 0.717) is 23.3 Å². The van der Waals surface area contributed by atoms with Crippen molar-refractivity contribution in [2.24, 2.45) is 0 Å². The van der Waals surface area contributed by atoms with Gasteiger partial charge >= 0.3 is 5.97 Å². The predicted molar refractivity (Wildman–Crippen MR) is 261 cm³/mol. The van der Waals surface area contributed by atoms with Crippen molar-refractivity contribution in [3.8, 4) is 16.9 Å². The number of thiophene rings is 1. The average molecular weight is 934 g/mol. The SMILES string of the molecule is CC(c1cccs1)[C@@H]1NC(=O)COc2ccc(cc2)CC[C@@H](C(=O)N[C@@H](CCc2ccccc2)C(=O)O)NC(=O)[C@H](Cc2ccccc2)NC(=O)[C@H](Cc2ccc(-c3ccccc3)cc2)NC1=O. The number of fused-ring (bicyclic) bond motifs is 17. The summed E-state index contributed by atoms with van der Waals surface area (Å²) in [5, 5.41) is 26.3. The average Bonchev–Trinajstić information content (AvgIpc) is 3.91. The van der Waals surface area contributed by atoms with Crippen molar-refractivity contribution in [3.63, 3.8) is 0 Å². The Hall–Kier alpha value is -7.58. The lowest BCUT2D eigenvalue weighted by atomic mass is 9.96. The van der Waals surface area contributed by atoms with Crippen LogP contribution in [0.4, 0.5) is 0 Å². The number of benzene rings is 5. The maximum Gasteiger partial charge on any atom is 0.326 e. The van der Waals surface area contributed by atoms with E-state index in [1.807, 2.05) is 128 Å². The van der Waals surface area contributed by atoms with Crippen LogP contribution in [0.2, 0.25) is 0 Å². The molecule has 6 aromatic rings. The second kappa shape index (κ2) is 23.7. The van der Waals surface area contributed by atoms with E-state index < -0.39 is 78.2 Å². The van der Waals surface area contributed by atoms with Crippen LogP contribution in [0.1, 0.15) is 52.8 Å². The highest BCUT2D eigenvalue weighted by molar-refractivity contribution is 7.10. The van der Waals surface area contributed by atoms with E-state index in [-0.39, 0.29) is 32.1 Å². The van der Waals surface area contributed by atoms with Crippen LogP contribution in [-0.4, -0.2) is 77.4 Å². The van der Waals surface area contributed by atoms with Crippen molar-refractivity contribution < 1.29 is 38.6 Å². The van der Waals surface area contributed by atoms with Crippen molar-refractivity contribution in [3.05, 3.63) is 184 Å². The van der Waals surface area contributed by atoms with Crippen LogP contribution in [0.5, 0.6) is 5.75 Å². The number of carbonyl (C=O) groups is 6. The summed E-state index contributed by atoms with van der Waals surface area (Å²) in [5.74, 6) is -4.60. The molecule has 2 aliphatic rings. The van der Waals surface area contributed by atoms with Crippen molar-refractivity contribution in [1.29, 1.82) is 0 Å². The normalized spacial score (nSPS) is 19.2. The minimum absolute atomic E-state index is 0.0174. The molecular formula is C54H55N5O8S. The maximum atomic E-state index is 14.8. The Morgan fingerprint density at radius 3 is 1.85 bits per heavy atom. The molecule has 6 N–H and O–H groups in total. The van der Waals surface area contributed by atoms with Gasteiger partial charge < -0.3 is 36.4 Å². The molecule has 0 aliphatic carbocycles. The first kappa shape index (κ1) is 48.4. The number of amides is 5. The zero-order chi connectivity index (χ0) is 47.8. The molecule has 2 aliphatic heterocycles. The fourth-order valence-corrected chi connectivity index (χ4v) is 8.91. The zero-order valence-electron chi connectivity index (χ0n) is 37.6. The molecule has 0 saturated carbocycles. The van der Waals surface area contributed by atoms with E-state index in [1.165, 1.54) is 11.3 Å². The van der Waals surface area contributed by atoms with Gasteiger partial charge in [-0.15, -0.1) is 11.3 Å². The van der Waals surface area contributed by atoms with Crippen molar-refractivity contribution >= 4 is 46.8 Å². The number of carboxylic acids is 1. The number of carboxylic acid groups (broad SMARTS) is 1. The Labute approximate surface area is 399 Å². The minimum atomic E-state index is -1.26. The van der Waals surface area contributed by atoms with E-state index in [0.717, 1.165) is 27.1 Å². The molecule has 0 saturated heterocycles. The van der Waals surface area contributed by atoms with Crippen molar-refractivity contribution in [2.45, 2.75) is 81.6 Å². The van der Waals surface area contributed by atoms with E-state index in [9.17, 15) is 33.9 Å². The van der Waals surface area contributed by atoms with Crippen LogP contribution < -0.4 is 31.3 Å². The summed E-state index contributed by atoms with van der Waals surface area (Å²) in [5.41, 5.74) is 5.06. The number of hydrogen-bond acceptors (Lipinski definition) is 8. The van der Waals surface area contributed by atoms with Gasteiger partial charge in [0.1, 0.15) is 36.0 Å². The molecule has 2 bridgehead atoms. The number of aryl methyl sites for hydroxylation is 2. The van der Waals surface area contributed by atoms with Gasteiger partial charge in [0, 0.05) is 23.6 Å². The number of hydrogen-bond donors (Lipinski definition) is 6. The van der Waals surface area contributed by atoms with E-state index in [4.69, 9.17) is 4.74 Å². The van der Waals surface area contributed by atoms with Crippen LogP contribution in [-0.2, 0) is 54.5 Å². The molecular weight excluding hydrogens is 879 g/mol. The first-order valence-electron chi connectivity index (χ1n) is 22.7. The molecule has 350 valence electrons. The molecule has 5 amide bonds. The number of nitrogens with one attached hydrogen (secondary N) is 5. The van der Waals surface area contributed by atoms with Crippen LogP contribution in [0.25, 0.3) is 11.1 Å². The first-order chi connectivity index (χ1) is 33.0. The van der Waals surface area contributed by atoms with Gasteiger partial charge in [-0.05, 0) is 82.6 Å². The van der Waals surface area contributed by atoms with Crippen molar-refractivity contribution in [1.82, 2.24) is 26.6 Å². The lowest BCUT2D eigenvalue weighted by molar-refractivity contribution is -0.142. The van der Waals surface area contributed by atoms with E-state index in [2.05, 4.69) is 26.6 Å². The minimum Gasteiger partial charge on any atom is -0.484 e. The largest absolute Gasteiger partial charge is 0.484 e. The number of aliphatic carboxylic acids is 1. The summed E-state index contributed by atoms with van der Waals surface area (Å²) in [7, 11) is 0. The van der Waals surface area contributed by atoms with Crippen molar-refractivity contribution in [2.75, 3.05) is 6.61 Å². The van der Waals surface area contributed by atoms with Gasteiger partial charge in [-0.2, -0.15) is 0 Å². The quantitative estimate of drug-likeness (QED) is 0.0741. The molecule has 0 spiro atoms. The second-order valence-electron chi connectivity index (χ2n) is 16.9. The topological polar surface area (TPSA) is 192 Å². The third kappa shape index (κ3) is 13.7. The van der Waals surface area contributed by atoms with E-state index in [1.54, 1.807) is 36.4 Å². The Balaban J connectivity index is 1.22. The molecule has 0 fully saturated rings. The van der Waals surface area contributed by atoms with Crippen LogP contribution in [0.15, 0.2) is 157 Å². The highest BCUT2D eigenvalue weighted by Gasteiger charge is 2.35. The molecule has 1 aromatic heterocycles. The van der Waals surface area contributed by atoms with Gasteiger partial charge in [0.15, 0.2) is 6.61 Å². The summed E-state index contributed by atoms with van der Waals surface area (Å²) in [6, 6.07) is 40.3. The summed E-state index contributed by atoms with van der Waals surface area (Å²) in [6.45, 7) is 1.42. The van der Waals surface area contributed by atoms with Gasteiger partial charge in [-0.25, -0.2) is 4.79 Å². The lowest BCUT2D eigenvalue weighted by Crippen LogP contribution is -2.60. The molecule has 3 heterocycles. The third-order valence-corrected chi connectivity index (χ3v) is 13.0. The highest BCUT2D eigenvalue weighted by atomic mass is 32.1. The van der Waals surface area contributed by atoms with Crippen LogP contribution >= 0.6 is 11.3 Å². The molecule has 68 heavy (non-hydrogen) atoms. The molecule has 14 heteroatoms. The molecule has 5 aromatic carbocycles. The fraction of sp³-hybridized carbons (Fsp3) is 0.259. The zero-order valence-corrected chi connectivity index (χ0v) is 38.5. The maximum absolute atomic E-state index is 14.8. The number of ether oxygens (including phenoxy) is 1. The number of carbonyl (C=O) groups excluding carboxylic acids is 5. The Bertz CT molecular complexity index is 2610. The third-order valence-electron chi connectivity index (χ3n) is 12.0. The molecule has 8 rings (SSSR count). The van der Waals surface area contributed by atoms with Gasteiger partial charge in [0.25, 0.3) is 5.91 Å².